The molecule has 5 heteroatoms. The Balaban J connectivity index is 3.36. The molecule has 0 aromatic rings. The van der Waals surface area contributed by atoms with Crippen LogP contribution >= 0.6 is 15.9 Å². The van der Waals surface area contributed by atoms with E-state index in [4.69, 9.17) is 0 Å². The summed E-state index contributed by atoms with van der Waals surface area (Å²) in [6, 6.07) is 0. The first kappa shape index (κ1) is 19.2. The van der Waals surface area contributed by atoms with E-state index < -0.39 is 12.5 Å². The third kappa shape index (κ3) is 14.4. The zero-order chi connectivity index (χ0) is 14.6. The molecule has 0 aliphatic rings. The number of hydrogen-bond acceptors (Lipinski definition) is 1. The number of ether oxygens (including phenoxy) is 1. The molecule has 0 radical (unpaired) electrons. The van der Waals surface area contributed by atoms with Crippen LogP contribution in [0.3, 0.4) is 0 Å². The van der Waals surface area contributed by atoms with Crippen LogP contribution in [0.25, 0.3) is 0 Å². The van der Waals surface area contributed by atoms with Crippen LogP contribution in [0, 0.1) is 0 Å². The average Bonchev–Trinajstić information content (AvgIpc) is 2.34. The molecule has 0 bridgehead atoms. The van der Waals surface area contributed by atoms with Crippen LogP contribution in [-0.2, 0) is 4.74 Å². The summed E-state index contributed by atoms with van der Waals surface area (Å²) in [6.07, 6.45) is 5.74. The molecule has 1 nitrogen and oxygen atoms in total. The molecule has 0 amide bonds. The van der Waals surface area contributed by atoms with Crippen molar-refractivity contribution in [1.29, 1.82) is 0 Å². The molecule has 116 valence electrons. The Morgan fingerprint density at radius 2 is 1.37 bits per heavy atom. The molecule has 0 rings (SSSR count). The van der Waals surface area contributed by atoms with E-state index in [0.29, 0.717) is 6.42 Å². The Hall–Kier alpha value is 0.230. The van der Waals surface area contributed by atoms with E-state index in [9.17, 15) is 13.2 Å². The van der Waals surface area contributed by atoms with Gasteiger partial charge >= 0.3 is 6.36 Å². The highest BCUT2D eigenvalue weighted by molar-refractivity contribution is 9.09. The van der Waals surface area contributed by atoms with Gasteiger partial charge < -0.3 is 0 Å². The zero-order valence-electron chi connectivity index (χ0n) is 11.8. The molecule has 0 aliphatic heterocycles. The second kappa shape index (κ2) is 12.0. The molecule has 0 saturated carbocycles. The van der Waals surface area contributed by atoms with Gasteiger partial charge in [-0.25, -0.2) is 0 Å². The number of halogens is 4. The second-order valence-electron chi connectivity index (χ2n) is 4.96. The minimum Gasteiger partial charge on any atom is -0.288 e. The lowest BCUT2D eigenvalue weighted by atomic mass is 10.1. The van der Waals surface area contributed by atoms with Crippen LogP contribution in [0.4, 0.5) is 13.2 Å². The Bertz CT molecular complexity index is 198. The van der Waals surface area contributed by atoms with Gasteiger partial charge in [0.2, 0.25) is 0 Å². The van der Waals surface area contributed by atoms with Crippen molar-refractivity contribution in [3.05, 3.63) is 0 Å². The highest BCUT2D eigenvalue weighted by Gasteiger charge is 2.32. The average molecular weight is 347 g/mol. The summed E-state index contributed by atoms with van der Waals surface area (Å²) >= 11 is 3.06. The van der Waals surface area contributed by atoms with Crippen molar-refractivity contribution >= 4 is 15.9 Å². The van der Waals surface area contributed by atoms with Crippen molar-refractivity contribution < 1.29 is 17.9 Å². The summed E-state index contributed by atoms with van der Waals surface area (Å²) < 4.78 is 40.1. The Kier molecular flexibility index (Phi) is 12.2. The van der Waals surface area contributed by atoms with Gasteiger partial charge in [0, 0.05) is 5.33 Å². The highest BCUT2D eigenvalue weighted by atomic mass is 79.9. The first-order valence-corrected chi connectivity index (χ1v) is 8.42. The topological polar surface area (TPSA) is 9.23 Å². The Morgan fingerprint density at radius 3 is 1.79 bits per heavy atom. The third-order valence-electron chi connectivity index (χ3n) is 3.10. The largest absolute Gasteiger partial charge is 0.522 e. The second-order valence-corrected chi connectivity index (χ2v) is 5.60. The quantitative estimate of drug-likeness (QED) is 0.301. The Morgan fingerprint density at radius 1 is 0.895 bits per heavy atom. The molecule has 0 heterocycles. The van der Waals surface area contributed by atoms with Crippen LogP contribution in [0.15, 0.2) is 0 Å². The molecule has 0 N–H and O–H groups in total. The maximum atomic E-state index is 12.0. The van der Waals surface area contributed by atoms with Crippen molar-refractivity contribution in [2.24, 2.45) is 0 Å². The van der Waals surface area contributed by atoms with Gasteiger partial charge in [-0.3, -0.25) is 4.74 Å². The monoisotopic (exact) mass is 346 g/mol. The molecule has 0 aromatic heterocycles. The van der Waals surface area contributed by atoms with Gasteiger partial charge in [-0.2, -0.15) is 0 Å². The molecule has 0 aromatic carbocycles. The lowest BCUT2D eigenvalue weighted by molar-refractivity contribution is -0.340. The molecular weight excluding hydrogens is 321 g/mol. The maximum Gasteiger partial charge on any atom is 0.522 e. The molecule has 0 aliphatic carbocycles. The van der Waals surface area contributed by atoms with E-state index >= 15 is 0 Å². The summed E-state index contributed by atoms with van der Waals surface area (Å²) in [6.45, 7) is 2.20. The predicted octanol–water partition coefficient (Wildman–Crippen LogP) is 6.21. The minimum absolute atomic E-state index is 0.240. The van der Waals surface area contributed by atoms with Crippen LogP contribution in [0.1, 0.15) is 71.1 Å². The fraction of sp³-hybridized carbons (Fsp3) is 1.00. The van der Waals surface area contributed by atoms with E-state index in [-0.39, 0.29) is 5.33 Å². The van der Waals surface area contributed by atoms with Crippen molar-refractivity contribution in [2.45, 2.75) is 83.6 Å². The standard InChI is InChI=1S/C14H26BrF3O/c1-2-3-4-5-6-7-8-9-10-11-13(12-15)19-14(16,17)18/h13H,2-12H2,1H3. The Labute approximate surface area is 123 Å². The lowest BCUT2D eigenvalue weighted by Gasteiger charge is -2.16. The normalized spacial score (nSPS) is 13.7. The van der Waals surface area contributed by atoms with Crippen LogP contribution < -0.4 is 0 Å². The van der Waals surface area contributed by atoms with Crippen molar-refractivity contribution in [3.63, 3.8) is 0 Å². The van der Waals surface area contributed by atoms with Crippen LogP contribution in [0.5, 0.6) is 0 Å². The fourth-order valence-electron chi connectivity index (χ4n) is 2.04. The molecular formula is C14H26BrF3O. The van der Waals surface area contributed by atoms with E-state index in [1.807, 2.05) is 0 Å². The minimum atomic E-state index is -4.52. The van der Waals surface area contributed by atoms with Gasteiger partial charge in [-0.15, -0.1) is 13.2 Å². The summed E-state index contributed by atoms with van der Waals surface area (Å²) in [7, 11) is 0. The van der Waals surface area contributed by atoms with Gasteiger partial charge in [0.25, 0.3) is 0 Å². The van der Waals surface area contributed by atoms with E-state index in [1.54, 1.807) is 0 Å². The van der Waals surface area contributed by atoms with E-state index in [1.165, 1.54) is 38.5 Å². The summed E-state index contributed by atoms with van der Waals surface area (Å²) in [5.74, 6) is 0. The van der Waals surface area contributed by atoms with Gasteiger partial charge in [0.05, 0.1) is 6.10 Å². The maximum absolute atomic E-state index is 12.0. The first-order chi connectivity index (χ1) is 8.99. The number of alkyl halides is 4. The van der Waals surface area contributed by atoms with Crippen LogP contribution in [-0.4, -0.2) is 17.8 Å². The van der Waals surface area contributed by atoms with Crippen molar-refractivity contribution in [2.75, 3.05) is 5.33 Å². The van der Waals surface area contributed by atoms with Gasteiger partial charge in [0.1, 0.15) is 0 Å². The molecule has 0 saturated heterocycles. The molecule has 19 heavy (non-hydrogen) atoms. The van der Waals surface area contributed by atoms with Gasteiger partial charge in [-0.1, -0.05) is 80.6 Å². The number of hydrogen-bond donors (Lipinski definition) is 0. The van der Waals surface area contributed by atoms with E-state index in [2.05, 4.69) is 27.6 Å². The molecule has 0 fully saturated rings. The predicted molar refractivity (Wildman–Crippen MR) is 76.6 cm³/mol. The molecule has 1 atom stereocenters. The first-order valence-electron chi connectivity index (χ1n) is 7.30. The van der Waals surface area contributed by atoms with Crippen molar-refractivity contribution in [1.82, 2.24) is 0 Å². The summed E-state index contributed by atoms with van der Waals surface area (Å²) in [5, 5.41) is 0.240. The lowest BCUT2D eigenvalue weighted by Crippen LogP contribution is -2.25. The molecule has 0 spiro atoms. The van der Waals surface area contributed by atoms with Crippen LogP contribution in [0.2, 0.25) is 0 Å². The van der Waals surface area contributed by atoms with Crippen molar-refractivity contribution in [3.8, 4) is 0 Å². The van der Waals surface area contributed by atoms with Gasteiger partial charge in [-0.05, 0) is 6.42 Å². The number of rotatable bonds is 12. The van der Waals surface area contributed by atoms with Gasteiger partial charge in [0.15, 0.2) is 0 Å². The third-order valence-corrected chi connectivity index (χ3v) is 3.82. The highest BCUT2D eigenvalue weighted by Crippen LogP contribution is 2.22. The smallest absolute Gasteiger partial charge is 0.288 e. The zero-order valence-corrected chi connectivity index (χ0v) is 13.4. The molecule has 1 unspecified atom stereocenters. The summed E-state index contributed by atoms with van der Waals surface area (Å²) in [4.78, 5) is 0. The SMILES string of the molecule is CCCCCCCCCCCC(CBr)OC(F)(F)F. The fourth-order valence-corrected chi connectivity index (χ4v) is 2.50. The van der Waals surface area contributed by atoms with E-state index in [0.717, 1.165) is 19.3 Å². The number of unbranched alkanes of at least 4 members (excludes halogenated alkanes) is 8. The summed E-state index contributed by atoms with van der Waals surface area (Å²) in [5.41, 5.74) is 0.